The van der Waals surface area contributed by atoms with Crippen LogP contribution in [0.3, 0.4) is 0 Å². The number of Topliss-reactive ketones (excluding diaryl/α,β-unsaturated/α-hetero) is 1. The SMILES string of the molecule is Cc1ccc(C(=O)Cn2cc(C(F)(F)F)cn2)cc1C. The molecule has 3 nitrogen and oxygen atoms in total. The molecule has 0 N–H and O–H groups in total. The van der Waals surface area contributed by atoms with Crippen LogP contribution in [-0.2, 0) is 12.7 Å². The summed E-state index contributed by atoms with van der Waals surface area (Å²) < 4.78 is 38.3. The molecule has 0 bridgehead atoms. The van der Waals surface area contributed by atoms with Gasteiger partial charge in [-0.3, -0.25) is 9.48 Å². The van der Waals surface area contributed by atoms with Gasteiger partial charge in [0.25, 0.3) is 0 Å². The minimum absolute atomic E-state index is 0.210. The summed E-state index contributed by atoms with van der Waals surface area (Å²) in [4.78, 5) is 12.0. The molecule has 0 radical (unpaired) electrons. The fourth-order valence-electron chi connectivity index (χ4n) is 1.75. The molecule has 20 heavy (non-hydrogen) atoms. The zero-order chi connectivity index (χ0) is 14.9. The first-order valence-electron chi connectivity index (χ1n) is 5.97. The monoisotopic (exact) mass is 282 g/mol. The number of rotatable bonds is 3. The Kier molecular flexibility index (Phi) is 3.65. The van der Waals surface area contributed by atoms with Gasteiger partial charge in [0.1, 0.15) is 6.54 Å². The fourth-order valence-corrected chi connectivity index (χ4v) is 1.75. The standard InChI is InChI=1S/C14H13F3N2O/c1-9-3-4-11(5-10(9)2)13(20)8-19-7-12(6-18-19)14(15,16)17/h3-7H,8H2,1-2H3. The molecule has 2 rings (SSSR count). The van der Waals surface area contributed by atoms with Crippen LogP contribution in [0.5, 0.6) is 0 Å². The van der Waals surface area contributed by atoms with Crippen molar-refractivity contribution in [1.29, 1.82) is 0 Å². The molecule has 106 valence electrons. The summed E-state index contributed by atoms with van der Waals surface area (Å²) in [6, 6.07) is 5.21. The number of ketones is 1. The minimum Gasteiger partial charge on any atom is -0.292 e. The van der Waals surface area contributed by atoms with Crippen LogP contribution in [0, 0.1) is 13.8 Å². The van der Waals surface area contributed by atoms with Crippen molar-refractivity contribution in [2.45, 2.75) is 26.6 Å². The first-order valence-corrected chi connectivity index (χ1v) is 5.97. The Labute approximate surface area is 114 Å². The van der Waals surface area contributed by atoms with Gasteiger partial charge in [0.05, 0.1) is 11.8 Å². The maximum Gasteiger partial charge on any atom is 0.419 e. The molecule has 1 aromatic heterocycles. The van der Waals surface area contributed by atoms with Crippen LogP contribution < -0.4 is 0 Å². The minimum atomic E-state index is -4.44. The molecule has 0 aliphatic rings. The van der Waals surface area contributed by atoms with Crippen molar-refractivity contribution in [3.8, 4) is 0 Å². The molecule has 0 atom stereocenters. The van der Waals surface area contributed by atoms with E-state index in [9.17, 15) is 18.0 Å². The molecule has 0 unspecified atom stereocenters. The number of benzene rings is 1. The zero-order valence-electron chi connectivity index (χ0n) is 11.0. The number of halogens is 3. The number of nitrogens with zero attached hydrogens (tertiary/aromatic N) is 2. The van der Waals surface area contributed by atoms with E-state index in [2.05, 4.69) is 5.10 Å². The number of alkyl halides is 3. The van der Waals surface area contributed by atoms with Crippen LogP contribution in [0.25, 0.3) is 0 Å². The number of carbonyl (C=O) groups excluding carboxylic acids is 1. The van der Waals surface area contributed by atoms with Crippen molar-refractivity contribution in [3.63, 3.8) is 0 Å². The first kappa shape index (κ1) is 14.3. The van der Waals surface area contributed by atoms with Crippen LogP contribution in [-0.4, -0.2) is 15.6 Å². The highest BCUT2D eigenvalue weighted by molar-refractivity contribution is 5.96. The molecule has 0 saturated carbocycles. The van der Waals surface area contributed by atoms with Crippen molar-refractivity contribution in [2.75, 3.05) is 0 Å². The van der Waals surface area contributed by atoms with E-state index in [4.69, 9.17) is 0 Å². The second-order valence-corrected chi connectivity index (χ2v) is 4.65. The lowest BCUT2D eigenvalue weighted by Crippen LogP contribution is -2.11. The molecule has 6 heteroatoms. The second kappa shape index (κ2) is 5.11. The first-order chi connectivity index (χ1) is 9.27. The number of aromatic nitrogens is 2. The Bertz CT molecular complexity index is 644. The average Bonchev–Trinajstić information content (AvgIpc) is 2.81. The predicted molar refractivity (Wildman–Crippen MR) is 67.5 cm³/mol. The zero-order valence-corrected chi connectivity index (χ0v) is 11.0. The lowest BCUT2D eigenvalue weighted by atomic mass is 10.0. The molecule has 0 spiro atoms. The molecule has 0 aliphatic heterocycles. The van der Waals surface area contributed by atoms with Gasteiger partial charge in [0.2, 0.25) is 0 Å². The van der Waals surface area contributed by atoms with E-state index >= 15 is 0 Å². The Balaban J connectivity index is 2.15. The summed E-state index contributed by atoms with van der Waals surface area (Å²) >= 11 is 0. The normalized spacial score (nSPS) is 11.7. The smallest absolute Gasteiger partial charge is 0.292 e. The van der Waals surface area contributed by atoms with Gasteiger partial charge in [0, 0.05) is 11.8 Å². The van der Waals surface area contributed by atoms with E-state index in [-0.39, 0.29) is 12.3 Å². The Morgan fingerprint density at radius 1 is 1.25 bits per heavy atom. The number of carbonyl (C=O) groups is 1. The topological polar surface area (TPSA) is 34.9 Å². The third-order valence-electron chi connectivity index (χ3n) is 3.10. The van der Waals surface area contributed by atoms with E-state index in [1.165, 1.54) is 0 Å². The van der Waals surface area contributed by atoms with Gasteiger partial charge < -0.3 is 0 Å². The lowest BCUT2D eigenvalue weighted by molar-refractivity contribution is -0.137. The number of aryl methyl sites for hydroxylation is 2. The van der Waals surface area contributed by atoms with Gasteiger partial charge in [-0.1, -0.05) is 12.1 Å². The third kappa shape index (κ3) is 3.07. The molecular formula is C14H13F3N2O. The average molecular weight is 282 g/mol. The van der Waals surface area contributed by atoms with Crippen LogP contribution in [0.2, 0.25) is 0 Å². The van der Waals surface area contributed by atoms with E-state index in [0.717, 1.165) is 22.0 Å². The van der Waals surface area contributed by atoms with E-state index in [1.54, 1.807) is 12.1 Å². The largest absolute Gasteiger partial charge is 0.419 e. The highest BCUT2D eigenvalue weighted by Crippen LogP contribution is 2.28. The summed E-state index contributed by atoms with van der Waals surface area (Å²) in [5.41, 5.74) is 1.63. The van der Waals surface area contributed by atoms with Crippen LogP contribution in [0.4, 0.5) is 13.2 Å². The predicted octanol–water partition coefficient (Wildman–Crippen LogP) is 3.40. The van der Waals surface area contributed by atoms with Crippen molar-refractivity contribution >= 4 is 5.78 Å². The Morgan fingerprint density at radius 2 is 1.95 bits per heavy atom. The summed E-state index contributed by atoms with van der Waals surface area (Å²) in [6.45, 7) is 3.59. The van der Waals surface area contributed by atoms with Gasteiger partial charge in [-0.25, -0.2) is 0 Å². The van der Waals surface area contributed by atoms with Crippen molar-refractivity contribution in [3.05, 3.63) is 52.8 Å². The Morgan fingerprint density at radius 3 is 2.50 bits per heavy atom. The van der Waals surface area contributed by atoms with E-state index < -0.39 is 11.7 Å². The molecule has 0 amide bonds. The molecule has 0 fully saturated rings. The van der Waals surface area contributed by atoms with E-state index in [0.29, 0.717) is 11.8 Å². The second-order valence-electron chi connectivity index (χ2n) is 4.65. The summed E-state index contributed by atoms with van der Waals surface area (Å²) in [5.74, 6) is -0.273. The van der Waals surface area contributed by atoms with Gasteiger partial charge in [0.15, 0.2) is 5.78 Å². The van der Waals surface area contributed by atoms with Gasteiger partial charge in [-0.2, -0.15) is 18.3 Å². The maximum atomic E-state index is 12.4. The number of hydrogen-bond acceptors (Lipinski definition) is 2. The highest BCUT2D eigenvalue weighted by Gasteiger charge is 2.32. The highest BCUT2D eigenvalue weighted by atomic mass is 19.4. The van der Waals surface area contributed by atoms with Gasteiger partial charge in [-0.05, 0) is 31.0 Å². The molecule has 1 aromatic carbocycles. The Hall–Kier alpha value is -2.11. The summed E-state index contributed by atoms with van der Waals surface area (Å²) in [7, 11) is 0. The lowest BCUT2D eigenvalue weighted by Gasteiger charge is -2.05. The van der Waals surface area contributed by atoms with Crippen molar-refractivity contribution in [1.82, 2.24) is 9.78 Å². The number of hydrogen-bond donors (Lipinski definition) is 0. The van der Waals surface area contributed by atoms with Crippen molar-refractivity contribution < 1.29 is 18.0 Å². The summed E-state index contributed by atoms with van der Waals surface area (Å²) in [5, 5.41) is 3.56. The maximum absolute atomic E-state index is 12.4. The van der Waals surface area contributed by atoms with Crippen molar-refractivity contribution in [2.24, 2.45) is 0 Å². The summed E-state index contributed by atoms with van der Waals surface area (Å²) in [6.07, 6.45) is -2.89. The van der Waals surface area contributed by atoms with Crippen LogP contribution in [0.1, 0.15) is 27.0 Å². The molecular weight excluding hydrogens is 269 g/mol. The molecule has 1 heterocycles. The van der Waals surface area contributed by atoms with Crippen LogP contribution >= 0.6 is 0 Å². The van der Waals surface area contributed by atoms with Gasteiger partial charge in [-0.15, -0.1) is 0 Å². The fraction of sp³-hybridized carbons (Fsp3) is 0.286. The van der Waals surface area contributed by atoms with Gasteiger partial charge >= 0.3 is 6.18 Å². The van der Waals surface area contributed by atoms with Crippen LogP contribution in [0.15, 0.2) is 30.6 Å². The molecule has 0 saturated heterocycles. The third-order valence-corrected chi connectivity index (χ3v) is 3.10. The molecule has 2 aromatic rings. The molecule has 0 aliphatic carbocycles. The quantitative estimate of drug-likeness (QED) is 0.809. The van der Waals surface area contributed by atoms with E-state index in [1.807, 2.05) is 19.9 Å².